The Morgan fingerprint density at radius 1 is 1.19 bits per heavy atom. The van der Waals surface area contributed by atoms with Gasteiger partial charge in [-0.1, -0.05) is 23.5 Å². The van der Waals surface area contributed by atoms with Gasteiger partial charge in [-0.15, -0.1) is 0 Å². The topological polar surface area (TPSA) is 97.2 Å². The van der Waals surface area contributed by atoms with Crippen LogP contribution in [-0.4, -0.2) is 37.8 Å². The number of anilines is 1. The molecule has 0 spiro atoms. The standard InChI is InChI=1S/C21H17N5O3S2/c27-18(10-26-12-22-15-4-2-1-3-14(15)20(26)29)25-7-5-16-17(9-25)31-21(23-16)24-19(28)13-6-8-30-11-13/h1-4,6,8,11-12H,5,7,9-10H2,(H,23,24,28). The van der Waals surface area contributed by atoms with Crippen molar-refractivity contribution in [2.45, 2.75) is 19.5 Å². The number of rotatable bonds is 4. The lowest BCUT2D eigenvalue weighted by atomic mass is 10.2. The molecule has 5 rings (SSSR count). The highest BCUT2D eigenvalue weighted by Gasteiger charge is 2.25. The number of fused-ring (bicyclic) bond motifs is 2. The largest absolute Gasteiger partial charge is 0.336 e. The van der Waals surface area contributed by atoms with Crippen LogP contribution in [0.2, 0.25) is 0 Å². The fourth-order valence-corrected chi connectivity index (χ4v) is 5.14. The van der Waals surface area contributed by atoms with Crippen LogP contribution in [0.1, 0.15) is 20.9 Å². The molecule has 0 saturated heterocycles. The number of hydrogen-bond donors (Lipinski definition) is 1. The zero-order valence-corrected chi connectivity index (χ0v) is 17.9. The van der Waals surface area contributed by atoms with Gasteiger partial charge in [-0.2, -0.15) is 11.3 Å². The molecule has 1 aliphatic rings. The number of benzene rings is 1. The number of thiophene rings is 1. The first-order valence-corrected chi connectivity index (χ1v) is 11.4. The van der Waals surface area contributed by atoms with Crippen LogP contribution in [0.25, 0.3) is 10.9 Å². The quantitative estimate of drug-likeness (QED) is 0.515. The minimum atomic E-state index is -0.229. The van der Waals surface area contributed by atoms with Crippen LogP contribution in [-0.2, 0) is 24.3 Å². The SMILES string of the molecule is O=C(Nc1nc2c(s1)CN(C(=O)Cn1cnc3ccccc3c1=O)CC2)c1ccsc1. The van der Waals surface area contributed by atoms with E-state index >= 15 is 0 Å². The molecule has 1 aromatic carbocycles. The maximum Gasteiger partial charge on any atom is 0.261 e. The van der Waals surface area contributed by atoms with Gasteiger partial charge >= 0.3 is 0 Å². The Labute approximate surface area is 184 Å². The Morgan fingerprint density at radius 2 is 2.06 bits per heavy atom. The average molecular weight is 452 g/mol. The zero-order valence-electron chi connectivity index (χ0n) is 16.3. The summed E-state index contributed by atoms with van der Waals surface area (Å²) in [7, 11) is 0. The van der Waals surface area contributed by atoms with E-state index in [4.69, 9.17) is 0 Å². The highest BCUT2D eigenvalue weighted by molar-refractivity contribution is 7.16. The van der Waals surface area contributed by atoms with E-state index in [-0.39, 0.29) is 23.9 Å². The molecule has 0 unspecified atom stereocenters. The highest BCUT2D eigenvalue weighted by Crippen LogP contribution is 2.29. The third-order valence-corrected chi connectivity index (χ3v) is 6.81. The summed E-state index contributed by atoms with van der Waals surface area (Å²) in [5, 5.41) is 7.49. The van der Waals surface area contributed by atoms with E-state index in [1.165, 1.54) is 33.6 Å². The Bertz CT molecular complexity index is 1340. The number of hydrogen-bond acceptors (Lipinski definition) is 7. The van der Waals surface area contributed by atoms with Gasteiger partial charge in [0.25, 0.3) is 11.5 Å². The minimum absolute atomic E-state index is 0.0629. The van der Waals surface area contributed by atoms with Crippen LogP contribution in [0.4, 0.5) is 5.13 Å². The molecule has 0 fully saturated rings. The van der Waals surface area contributed by atoms with Crippen LogP contribution in [0.5, 0.6) is 0 Å². The summed E-state index contributed by atoms with van der Waals surface area (Å²) in [6, 6.07) is 8.84. The van der Waals surface area contributed by atoms with Gasteiger partial charge in [0.05, 0.1) is 35.0 Å². The first-order valence-electron chi connectivity index (χ1n) is 9.62. The lowest BCUT2D eigenvalue weighted by molar-refractivity contribution is -0.132. The number of carbonyl (C=O) groups is 2. The number of para-hydroxylation sites is 1. The number of nitrogens with one attached hydrogen (secondary N) is 1. The first kappa shape index (κ1) is 19.6. The maximum atomic E-state index is 12.9. The predicted molar refractivity (Wildman–Crippen MR) is 120 cm³/mol. The van der Waals surface area contributed by atoms with Gasteiger partial charge in [0.2, 0.25) is 5.91 Å². The van der Waals surface area contributed by atoms with Crippen LogP contribution in [0.15, 0.2) is 52.2 Å². The molecule has 0 bridgehead atoms. The monoisotopic (exact) mass is 451 g/mol. The number of thiazole rings is 1. The fourth-order valence-electron chi connectivity index (χ4n) is 3.49. The summed E-state index contributed by atoms with van der Waals surface area (Å²) in [6.07, 6.45) is 2.03. The molecule has 4 heterocycles. The van der Waals surface area contributed by atoms with Crippen LogP contribution in [0.3, 0.4) is 0 Å². The maximum absolute atomic E-state index is 12.9. The molecule has 156 valence electrons. The van der Waals surface area contributed by atoms with E-state index in [0.29, 0.717) is 41.1 Å². The van der Waals surface area contributed by atoms with E-state index < -0.39 is 0 Å². The summed E-state index contributed by atoms with van der Waals surface area (Å²) < 4.78 is 1.35. The van der Waals surface area contributed by atoms with E-state index in [0.717, 1.165) is 10.6 Å². The highest BCUT2D eigenvalue weighted by atomic mass is 32.1. The number of aromatic nitrogens is 3. The molecule has 0 saturated carbocycles. The first-order chi connectivity index (χ1) is 15.1. The third-order valence-electron chi connectivity index (χ3n) is 5.12. The predicted octanol–water partition coefficient (Wildman–Crippen LogP) is 2.75. The van der Waals surface area contributed by atoms with E-state index in [2.05, 4.69) is 15.3 Å². The normalized spacial score (nSPS) is 13.2. The van der Waals surface area contributed by atoms with Gasteiger partial charge in [-0.05, 0) is 23.6 Å². The Hall–Kier alpha value is -3.37. The van der Waals surface area contributed by atoms with Gasteiger partial charge < -0.3 is 4.90 Å². The molecule has 31 heavy (non-hydrogen) atoms. The second-order valence-corrected chi connectivity index (χ2v) is 8.98. The van der Waals surface area contributed by atoms with Gasteiger partial charge in [0.1, 0.15) is 6.54 Å². The number of carbonyl (C=O) groups excluding carboxylic acids is 2. The van der Waals surface area contributed by atoms with Crippen LogP contribution < -0.4 is 10.9 Å². The molecule has 0 radical (unpaired) electrons. The molecular formula is C21H17N5O3S2. The Kier molecular flexibility index (Phi) is 5.08. The molecule has 8 nitrogen and oxygen atoms in total. The minimum Gasteiger partial charge on any atom is -0.336 e. The molecule has 1 aliphatic heterocycles. The van der Waals surface area contributed by atoms with Crippen molar-refractivity contribution in [3.63, 3.8) is 0 Å². The molecule has 1 N–H and O–H groups in total. The number of nitrogens with zero attached hydrogens (tertiary/aromatic N) is 4. The Balaban J connectivity index is 1.29. The Morgan fingerprint density at radius 3 is 2.90 bits per heavy atom. The van der Waals surface area contributed by atoms with Crippen LogP contribution >= 0.6 is 22.7 Å². The van der Waals surface area contributed by atoms with Crippen molar-refractivity contribution in [2.75, 3.05) is 11.9 Å². The summed E-state index contributed by atoms with van der Waals surface area (Å²) >= 11 is 2.84. The third kappa shape index (κ3) is 3.87. The van der Waals surface area contributed by atoms with Crippen molar-refractivity contribution in [2.24, 2.45) is 0 Å². The smallest absolute Gasteiger partial charge is 0.261 e. The molecule has 3 aromatic heterocycles. The molecule has 10 heteroatoms. The van der Waals surface area contributed by atoms with Crippen molar-refractivity contribution in [1.29, 1.82) is 0 Å². The van der Waals surface area contributed by atoms with Crippen molar-refractivity contribution < 1.29 is 9.59 Å². The number of amides is 2. The summed E-state index contributed by atoms with van der Waals surface area (Å²) in [5.74, 6) is -0.342. The van der Waals surface area contributed by atoms with Crippen molar-refractivity contribution in [3.05, 3.63) is 73.9 Å². The lowest BCUT2D eigenvalue weighted by Crippen LogP contribution is -2.39. The van der Waals surface area contributed by atoms with Gasteiger partial charge in [0, 0.05) is 23.2 Å². The van der Waals surface area contributed by atoms with E-state index in [1.54, 1.807) is 34.5 Å². The van der Waals surface area contributed by atoms with E-state index in [9.17, 15) is 14.4 Å². The van der Waals surface area contributed by atoms with Crippen molar-refractivity contribution in [1.82, 2.24) is 19.4 Å². The molecule has 0 atom stereocenters. The molecule has 0 aliphatic carbocycles. The van der Waals surface area contributed by atoms with Gasteiger partial charge in [-0.25, -0.2) is 9.97 Å². The fraction of sp³-hybridized carbons (Fsp3) is 0.190. The molecule has 4 aromatic rings. The zero-order chi connectivity index (χ0) is 21.4. The van der Waals surface area contributed by atoms with Crippen molar-refractivity contribution in [3.8, 4) is 0 Å². The second kappa shape index (κ2) is 8.05. The van der Waals surface area contributed by atoms with E-state index in [1.807, 2.05) is 11.4 Å². The second-order valence-electron chi connectivity index (χ2n) is 7.12. The van der Waals surface area contributed by atoms with Gasteiger partial charge in [0.15, 0.2) is 5.13 Å². The summed E-state index contributed by atoms with van der Waals surface area (Å²) in [4.78, 5) is 49.2. The molecular weight excluding hydrogens is 434 g/mol. The van der Waals surface area contributed by atoms with Crippen molar-refractivity contribution >= 4 is 50.5 Å². The summed E-state index contributed by atoms with van der Waals surface area (Å²) in [6.45, 7) is 0.867. The lowest BCUT2D eigenvalue weighted by Gasteiger charge is -2.26. The summed E-state index contributed by atoms with van der Waals surface area (Å²) in [5.41, 5.74) is 1.89. The van der Waals surface area contributed by atoms with Crippen LogP contribution in [0, 0.1) is 0 Å². The van der Waals surface area contributed by atoms with Gasteiger partial charge in [-0.3, -0.25) is 24.3 Å². The molecule has 2 amide bonds. The average Bonchev–Trinajstić information content (AvgIpc) is 3.45.